The van der Waals surface area contributed by atoms with Crippen molar-refractivity contribution in [1.82, 2.24) is 9.55 Å². The molecule has 3 rings (SSSR count). The van der Waals surface area contributed by atoms with Crippen LogP contribution in [0.15, 0.2) is 27.8 Å². The van der Waals surface area contributed by atoms with Crippen molar-refractivity contribution in [3.8, 4) is 0 Å². The number of carbonyl (C=O) groups is 1. The minimum absolute atomic E-state index is 0.0226. The summed E-state index contributed by atoms with van der Waals surface area (Å²) in [6, 6.07) is 4.06. The second-order valence-electron chi connectivity index (χ2n) is 5.05. The van der Waals surface area contributed by atoms with E-state index < -0.39 is 17.2 Å². The van der Waals surface area contributed by atoms with Gasteiger partial charge in [-0.25, -0.2) is 9.59 Å². The molecule has 1 saturated heterocycles. The first kappa shape index (κ1) is 13.6. The van der Waals surface area contributed by atoms with Gasteiger partial charge in [0.25, 0.3) is 5.56 Å². The van der Waals surface area contributed by atoms with Gasteiger partial charge in [-0.3, -0.25) is 9.36 Å². The van der Waals surface area contributed by atoms with Crippen LogP contribution >= 0.6 is 0 Å². The lowest BCUT2D eigenvalue weighted by molar-refractivity contribution is 0.0697. The number of H-pyrrole nitrogens is 1. The first-order valence-corrected chi connectivity index (χ1v) is 6.68. The summed E-state index contributed by atoms with van der Waals surface area (Å²) in [5, 5.41) is 9.22. The molecule has 0 saturated carbocycles. The topological polar surface area (TPSA) is 101 Å². The lowest BCUT2D eigenvalue weighted by Gasteiger charge is -2.11. The molecule has 1 aromatic heterocycles. The van der Waals surface area contributed by atoms with E-state index >= 15 is 0 Å². The van der Waals surface area contributed by atoms with Gasteiger partial charge in [0.1, 0.15) is 0 Å². The van der Waals surface area contributed by atoms with E-state index in [0.29, 0.717) is 6.61 Å². The molecule has 7 heteroatoms. The predicted octanol–water partition coefficient (Wildman–Crippen LogP) is 0.567. The Morgan fingerprint density at radius 2 is 2.24 bits per heavy atom. The second-order valence-corrected chi connectivity index (χ2v) is 5.05. The largest absolute Gasteiger partial charge is 0.478 e. The number of hydrogen-bond acceptors (Lipinski definition) is 4. The maximum absolute atomic E-state index is 12.4. The molecular weight excluding hydrogens is 276 g/mol. The zero-order valence-electron chi connectivity index (χ0n) is 11.2. The Bertz CT molecular complexity index is 814. The monoisotopic (exact) mass is 290 g/mol. The number of fused-ring (bicyclic) bond motifs is 1. The molecule has 110 valence electrons. The van der Waals surface area contributed by atoms with Gasteiger partial charge in [-0.1, -0.05) is 0 Å². The molecule has 2 heterocycles. The summed E-state index contributed by atoms with van der Waals surface area (Å²) in [5.41, 5.74) is -0.727. The van der Waals surface area contributed by atoms with Gasteiger partial charge in [0.2, 0.25) is 0 Å². The summed E-state index contributed by atoms with van der Waals surface area (Å²) in [6.07, 6.45) is 1.62. The number of rotatable bonds is 3. The van der Waals surface area contributed by atoms with Crippen LogP contribution in [0, 0.1) is 0 Å². The Labute approximate surface area is 118 Å². The van der Waals surface area contributed by atoms with Gasteiger partial charge in [0, 0.05) is 6.61 Å². The number of aromatic amines is 1. The van der Waals surface area contributed by atoms with Crippen molar-refractivity contribution in [1.29, 1.82) is 0 Å². The zero-order valence-corrected chi connectivity index (χ0v) is 11.2. The molecule has 0 amide bonds. The molecule has 7 nitrogen and oxygen atoms in total. The lowest BCUT2D eigenvalue weighted by atomic mass is 10.1. The summed E-state index contributed by atoms with van der Waals surface area (Å²) in [4.78, 5) is 37.9. The standard InChI is InChI=1S/C14H14N2O5/c17-12-10-4-3-8(13(18)19)6-11(10)15-14(20)16(12)7-9-2-1-5-21-9/h3-4,6,9H,1-2,5,7H2,(H,15,20)(H,18,19)/t9-/m1/s1. The van der Waals surface area contributed by atoms with Crippen LogP contribution in [0.3, 0.4) is 0 Å². The van der Waals surface area contributed by atoms with Crippen molar-refractivity contribution < 1.29 is 14.6 Å². The number of carboxylic acid groups (broad SMARTS) is 1. The quantitative estimate of drug-likeness (QED) is 0.860. The second kappa shape index (κ2) is 5.17. The van der Waals surface area contributed by atoms with Crippen molar-refractivity contribution >= 4 is 16.9 Å². The Balaban J connectivity index is 2.10. The fourth-order valence-corrected chi connectivity index (χ4v) is 2.55. The highest BCUT2D eigenvalue weighted by Gasteiger charge is 2.19. The predicted molar refractivity (Wildman–Crippen MR) is 74.8 cm³/mol. The third-order valence-corrected chi connectivity index (χ3v) is 3.64. The molecule has 0 radical (unpaired) electrons. The molecule has 0 unspecified atom stereocenters. The zero-order chi connectivity index (χ0) is 15.0. The molecule has 1 aliphatic rings. The average molecular weight is 290 g/mol. The molecule has 1 atom stereocenters. The maximum Gasteiger partial charge on any atom is 0.335 e. The lowest BCUT2D eigenvalue weighted by Crippen LogP contribution is -2.38. The van der Waals surface area contributed by atoms with Gasteiger partial charge in [-0.05, 0) is 31.0 Å². The highest BCUT2D eigenvalue weighted by Crippen LogP contribution is 2.13. The van der Waals surface area contributed by atoms with Crippen molar-refractivity contribution in [2.24, 2.45) is 0 Å². The van der Waals surface area contributed by atoms with Gasteiger partial charge in [0.15, 0.2) is 0 Å². The maximum atomic E-state index is 12.4. The normalized spacial score (nSPS) is 18.2. The van der Waals surface area contributed by atoms with Crippen LogP contribution in [0.4, 0.5) is 0 Å². The molecule has 0 spiro atoms. The summed E-state index contributed by atoms with van der Waals surface area (Å²) in [7, 11) is 0. The van der Waals surface area contributed by atoms with Crippen LogP contribution < -0.4 is 11.2 Å². The first-order valence-electron chi connectivity index (χ1n) is 6.68. The van der Waals surface area contributed by atoms with Gasteiger partial charge >= 0.3 is 11.7 Å². The summed E-state index contributed by atoms with van der Waals surface area (Å²) in [5.74, 6) is -1.11. The van der Waals surface area contributed by atoms with Gasteiger partial charge in [-0.15, -0.1) is 0 Å². The third kappa shape index (κ3) is 2.47. The van der Waals surface area contributed by atoms with Crippen molar-refractivity contribution in [3.63, 3.8) is 0 Å². The summed E-state index contributed by atoms with van der Waals surface area (Å²) >= 11 is 0. The minimum Gasteiger partial charge on any atom is -0.478 e. The summed E-state index contributed by atoms with van der Waals surface area (Å²) in [6.45, 7) is 0.859. The molecule has 1 aliphatic heterocycles. The molecule has 0 bridgehead atoms. The molecule has 2 aromatic rings. The van der Waals surface area contributed by atoms with Gasteiger partial charge in [-0.2, -0.15) is 0 Å². The van der Waals surface area contributed by atoms with Crippen LogP contribution in [0.1, 0.15) is 23.2 Å². The highest BCUT2D eigenvalue weighted by atomic mass is 16.5. The van der Waals surface area contributed by atoms with Crippen molar-refractivity contribution in [2.45, 2.75) is 25.5 Å². The fourth-order valence-electron chi connectivity index (χ4n) is 2.55. The van der Waals surface area contributed by atoms with Gasteiger partial charge in [0.05, 0.1) is 29.1 Å². The third-order valence-electron chi connectivity index (χ3n) is 3.64. The Morgan fingerprint density at radius 3 is 2.90 bits per heavy atom. The summed E-state index contributed by atoms with van der Waals surface area (Å²) < 4.78 is 6.55. The first-order chi connectivity index (χ1) is 10.1. The number of nitrogens with zero attached hydrogens (tertiary/aromatic N) is 1. The molecule has 0 aliphatic carbocycles. The van der Waals surface area contributed by atoms with Gasteiger partial charge < -0.3 is 14.8 Å². The number of aromatic nitrogens is 2. The van der Waals surface area contributed by atoms with E-state index in [4.69, 9.17) is 9.84 Å². The van der Waals surface area contributed by atoms with Crippen LogP contribution in [0.5, 0.6) is 0 Å². The van der Waals surface area contributed by atoms with E-state index in [1.54, 1.807) is 0 Å². The van der Waals surface area contributed by atoms with E-state index in [2.05, 4.69) is 4.98 Å². The van der Waals surface area contributed by atoms with E-state index in [0.717, 1.165) is 17.4 Å². The van der Waals surface area contributed by atoms with E-state index in [-0.39, 0.29) is 29.1 Å². The fraction of sp³-hybridized carbons (Fsp3) is 0.357. The van der Waals surface area contributed by atoms with Crippen molar-refractivity contribution in [2.75, 3.05) is 6.61 Å². The molecule has 2 N–H and O–H groups in total. The minimum atomic E-state index is -1.11. The van der Waals surface area contributed by atoms with E-state index in [9.17, 15) is 14.4 Å². The van der Waals surface area contributed by atoms with Crippen LogP contribution in [-0.4, -0.2) is 33.3 Å². The van der Waals surface area contributed by atoms with Crippen LogP contribution in [-0.2, 0) is 11.3 Å². The Kier molecular flexibility index (Phi) is 3.34. The number of aromatic carboxylic acids is 1. The SMILES string of the molecule is O=C(O)c1ccc2c(=O)n(C[C@H]3CCCO3)c(=O)[nH]c2c1. The Morgan fingerprint density at radius 1 is 1.43 bits per heavy atom. The van der Waals surface area contributed by atoms with Crippen molar-refractivity contribution in [3.05, 3.63) is 44.6 Å². The number of hydrogen-bond donors (Lipinski definition) is 2. The van der Waals surface area contributed by atoms with Crippen LogP contribution in [0.25, 0.3) is 10.9 Å². The van der Waals surface area contributed by atoms with E-state index in [1.807, 2.05) is 0 Å². The van der Waals surface area contributed by atoms with E-state index in [1.165, 1.54) is 18.2 Å². The van der Waals surface area contributed by atoms with Crippen LogP contribution in [0.2, 0.25) is 0 Å². The average Bonchev–Trinajstić information content (AvgIpc) is 2.95. The number of ether oxygens (including phenoxy) is 1. The number of nitrogens with one attached hydrogen (secondary N) is 1. The molecule has 21 heavy (non-hydrogen) atoms. The smallest absolute Gasteiger partial charge is 0.335 e. The highest BCUT2D eigenvalue weighted by molar-refractivity contribution is 5.92. The number of carboxylic acids is 1. The number of benzene rings is 1. The molecule has 1 aromatic carbocycles. The molecular formula is C14H14N2O5. The molecule has 1 fully saturated rings. The Hall–Kier alpha value is -2.41.